The molecule has 1 rings (SSSR count). The number of hydrogen-bond donors (Lipinski definition) is 6. The van der Waals surface area contributed by atoms with Crippen molar-refractivity contribution >= 4 is 29.7 Å². The molecule has 0 saturated carbocycles. The van der Waals surface area contributed by atoms with Crippen LogP contribution >= 0.6 is 0 Å². The fourth-order valence-corrected chi connectivity index (χ4v) is 3.37. The molecule has 1 aromatic carbocycles. The van der Waals surface area contributed by atoms with E-state index < -0.39 is 60.2 Å². The van der Waals surface area contributed by atoms with Gasteiger partial charge in [-0.1, -0.05) is 64.4 Å². The number of carbonyl (C=O) groups excluding carboxylic acids is 3. The number of benzene rings is 1. The maximum atomic E-state index is 13.1. The molecule has 11 heteroatoms. The van der Waals surface area contributed by atoms with Crippen LogP contribution in [0.3, 0.4) is 0 Å². The van der Waals surface area contributed by atoms with Crippen LogP contribution in [0.15, 0.2) is 30.3 Å². The molecule has 0 aromatic heterocycles. The van der Waals surface area contributed by atoms with Gasteiger partial charge in [-0.05, 0) is 23.8 Å². The van der Waals surface area contributed by atoms with E-state index in [0.29, 0.717) is 12.0 Å². The van der Waals surface area contributed by atoms with Crippen LogP contribution in [0, 0.1) is 11.8 Å². The molecule has 11 nitrogen and oxygen atoms in total. The van der Waals surface area contributed by atoms with Crippen LogP contribution in [-0.2, 0) is 30.4 Å². The molecule has 0 saturated heterocycles. The van der Waals surface area contributed by atoms with Crippen LogP contribution in [0.5, 0.6) is 0 Å². The molecular formula is C25H38N4O7. The van der Waals surface area contributed by atoms with Gasteiger partial charge in [-0.15, -0.1) is 0 Å². The van der Waals surface area contributed by atoms with Crippen molar-refractivity contribution < 1.29 is 34.2 Å². The first-order valence-corrected chi connectivity index (χ1v) is 12.0. The molecule has 0 spiro atoms. The molecule has 1 aromatic rings. The third-order valence-corrected chi connectivity index (χ3v) is 5.99. The summed E-state index contributed by atoms with van der Waals surface area (Å²) in [5.41, 5.74) is 6.57. The Morgan fingerprint density at radius 3 is 1.94 bits per heavy atom. The van der Waals surface area contributed by atoms with Crippen molar-refractivity contribution in [2.45, 2.75) is 77.5 Å². The number of carboxylic acids is 2. The van der Waals surface area contributed by atoms with Gasteiger partial charge in [0.25, 0.3) is 0 Å². The van der Waals surface area contributed by atoms with Gasteiger partial charge in [0.15, 0.2) is 0 Å². The summed E-state index contributed by atoms with van der Waals surface area (Å²) in [6.07, 6.45) is -0.0708. The lowest BCUT2D eigenvalue weighted by Crippen LogP contribution is -2.59. The van der Waals surface area contributed by atoms with Gasteiger partial charge in [-0.2, -0.15) is 0 Å². The normalized spacial score (nSPS) is 15.2. The summed E-state index contributed by atoms with van der Waals surface area (Å²) < 4.78 is 0. The molecule has 36 heavy (non-hydrogen) atoms. The maximum absolute atomic E-state index is 13.1. The molecule has 5 atom stereocenters. The number of rotatable bonds is 15. The van der Waals surface area contributed by atoms with Gasteiger partial charge >= 0.3 is 11.9 Å². The fourth-order valence-electron chi connectivity index (χ4n) is 3.37. The Morgan fingerprint density at radius 2 is 1.44 bits per heavy atom. The second-order valence-electron chi connectivity index (χ2n) is 9.22. The van der Waals surface area contributed by atoms with Gasteiger partial charge in [0, 0.05) is 12.8 Å². The lowest BCUT2D eigenvalue weighted by molar-refractivity contribution is -0.142. The predicted molar refractivity (Wildman–Crippen MR) is 133 cm³/mol. The number of carbonyl (C=O) groups is 5. The lowest BCUT2D eigenvalue weighted by Gasteiger charge is -2.28. The van der Waals surface area contributed by atoms with Gasteiger partial charge in [0.2, 0.25) is 17.7 Å². The molecule has 0 fully saturated rings. The minimum absolute atomic E-state index is 0.0491. The highest BCUT2D eigenvalue weighted by molar-refractivity contribution is 5.94. The standard InChI is InChI=1S/C25H38N4O7/c1-5-15(4)21(24(34)28-18(25(35)36)13-16-9-7-6-8-10-16)29-22(32)17(11-12-19(30)31)27-23(33)20(26)14(2)3/h6-10,14-15,17-18,20-21H,5,11-13,26H2,1-4H3,(H,27,33)(H,28,34)(H,29,32)(H,30,31)(H,35,36). The highest BCUT2D eigenvalue weighted by Crippen LogP contribution is 2.11. The Kier molecular flexibility index (Phi) is 12.6. The quantitative estimate of drug-likeness (QED) is 0.200. The Morgan fingerprint density at radius 1 is 0.861 bits per heavy atom. The zero-order valence-electron chi connectivity index (χ0n) is 21.2. The number of hydrogen-bond acceptors (Lipinski definition) is 6. The highest BCUT2D eigenvalue weighted by Gasteiger charge is 2.33. The Balaban J connectivity index is 3.06. The van der Waals surface area contributed by atoms with Crippen molar-refractivity contribution in [3.63, 3.8) is 0 Å². The lowest BCUT2D eigenvalue weighted by atomic mass is 9.96. The maximum Gasteiger partial charge on any atom is 0.326 e. The topological polar surface area (TPSA) is 188 Å². The molecule has 0 heterocycles. The van der Waals surface area contributed by atoms with E-state index in [4.69, 9.17) is 10.8 Å². The first-order valence-electron chi connectivity index (χ1n) is 12.0. The van der Waals surface area contributed by atoms with E-state index in [1.165, 1.54) is 0 Å². The molecule has 0 aliphatic rings. The van der Waals surface area contributed by atoms with Crippen molar-refractivity contribution in [2.24, 2.45) is 17.6 Å². The second kappa shape index (κ2) is 14.8. The van der Waals surface area contributed by atoms with Gasteiger partial charge in [0.1, 0.15) is 18.1 Å². The van der Waals surface area contributed by atoms with Gasteiger partial charge in [-0.3, -0.25) is 19.2 Å². The van der Waals surface area contributed by atoms with E-state index in [2.05, 4.69) is 16.0 Å². The van der Waals surface area contributed by atoms with Crippen molar-refractivity contribution in [3.8, 4) is 0 Å². The molecule has 0 radical (unpaired) electrons. The summed E-state index contributed by atoms with van der Waals surface area (Å²) >= 11 is 0. The summed E-state index contributed by atoms with van der Waals surface area (Å²) in [7, 11) is 0. The van der Waals surface area contributed by atoms with E-state index >= 15 is 0 Å². The van der Waals surface area contributed by atoms with Gasteiger partial charge in [-0.25, -0.2) is 4.79 Å². The largest absolute Gasteiger partial charge is 0.481 e. The van der Waals surface area contributed by atoms with Crippen LogP contribution in [0.4, 0.5) is 0 Å². The second-order valence-corrected chi connectivity index (χ2v) is 9.22. The monoisotopic (exact) mass is 506 g/mol. The van der Waals surface area contributed by atoms with Crippen molar-refractivity contribution in [1.29, 1.82) is 0 Å². The smallest absolute Gasteiger partial charge is 0.326 e. The zero-order valence-corrected chi connectivity index (χ0v) is 21.2. The van der Waals surface area contributed by atoms with Crippen molar-refractivity contribution in [1.82, 2.24) is 16.0 Å². The molecule has 3 amide bonds. The molecule has 5 unspecified atom stereocenters. The fraction of sp³-hybridized carbons (Fsp3) is 0.560. The summed E-state index contributed by atoms with van der Waals surface area (Å²) in [6, 6.07) is 4.31. The average Bonchev–Trinajstić information content (AvgIpc) is 2.83. The van der Waals surface area contributed by atoms with E-state index in [1.807, 2.05) is 0 Å². The summed E-state index contributed by atoms with van der Waals surface area (Å²) in [5, 5.41) is 26.2. The molecule has 7 N–H and O–H groups in total. The molecule has 0 aliphatic carbocycles. The Hall–Kier alpha value is -3.47. The van der Waals surface area contributed by atoms with E-state index in [1.54, 1.807) is 58.0 Å². The minimum Gasteiger partial charge on any atom is -0.481 e. The first-order chi connectivity index (χ1) is 16.9. The first kappa shape index (κ1) is 30.6. The van der Waals surface area contributed by atoms with Crippen LogP contribution in [0.1, 0.15) is 52.5 Å². The van der Waals surface area contributed by atoms with E-state index in [0.717, 1.165) is 0 Å². The SMILES string of the molecule is CCC(C)C(NC(=O)C(CCC(=O)O)NC(=O)C(N)C(C)C)C(=O)NC(Cc1ccccc1)C(=O)O. The Bertz CT molecular complexity index is 907. The molecule has 0 aliphatic heterocycles. The predicted octanol–water partition coefficient (Wildman–Crippen LogP) is 0.662. The van der Waals surface area contributed by atoms with E-state index in [-0.39, 0.29) is 24.7 Å². The van der Waals surface area contributed by atoms with Gasteiger partial charge in [0.05, 0.1) is 6.04 Å². The van der Waals surface area contributed by atoms with Crippen molar-refractivity contribution in [3.05, 3.63) is 35.9 Å². The third-order valence-electron chi connectivity index (χ3n) is 5.99. The van der Waals surface area contributed by atoms with Crippen LogP contribution in [0.25, 0.3) is 0 Å². The molecule has 200 valence electrons. The third kappa shape index (κ3) is 10.0. The Labute approximate surface area is 211 Å². The van der Waals surface area contributed by atoms with Crippen LogP contribution < -0.4 is 21.7 Å². The minimum atomic E-state index is -1.24. The molecular weight excluding hydrogens is 468 g/mol. The highest BCUT2D eigenvalue weighted by atomic mass is 16.4. The average molecular weight is 507 g/mol. The summed E-state index contributed by atoms with van der Waals surface area (Å²) in [4.78, 5) is 61.5. The van der Waals surface area contributed by atoms with E-state index in [9.17, 15) is 29.1 Å². The number of amides is 3. The summed E-state index contributed by atoms with van der Waals surface area (Å²) in [6.45, 7) is 6.99. The van der Waals surface area contributed by atoms with Gasteiger partial charge < -0.3 is 31.9 Å². The summed E-state index contributed by atoms with van der Waals surface area (Å²) in [5.74, 6) is -5.04. The number of nitrogens with one attached hydrogen (secondary N) is 3. The number of aliphatic carboxylic acids is 2. The number of nitrogens with two attached hydrogens (primary N) is 1. The number of carboxylic acid groups (broad SMARTS) is 2. The van der Waals surface area contributed by atoms with Crippen LogP contribution in [0.2, 0.25) is 0 Å². The zero-order chi connectivity index (χ0) is 27.4. The van der Waals surface area contributed by atoms with Crippen molar-refractivity contribution in [2.75, 3.05) is 0 Å². The van der Waals surface area contributed by atoms with Crippen LogP contribution in [-0.4, -0.2) is 64.0 Å². The molecule has 0 bridgehead atoms.